The number of amides is 2. The Balaban J connectivity index is 1.54. The fourth-order valence-corrected chi connectivity index (χ4v) is 5.11. The molecule has 4 rings (SSSR count). The van der Waals surface area contributed by atoms with Gasteiger partial charge in [-0.15, -0.1) is 0 Å². The second-order valence-corrected chi connectivity index (χ2v) is 10.1. The molecule has 0 saturated carbocycles. The number of benzene rings is 2. The molecule has 2 aliphatic rings. The molecular weight excluding hydrogens is 430 g/mol. The largest absolute Gasteiger partial charge is 0.378 e. The van der Waals surface area contributed by atoms with Crippen molar-refractivity contribution in [2.75, 3.05) is 48.3 Å². The minimum absolute atomic E-state index is 0.0465. The minimum Gasteiger partial charge on any atom is -0.378 e. The van der Waals surface area contributed by atoms with Gasteiger partial charge in [-0.1, -0.05) is 18.2 Å². The molecular formula is C23H27N3O5S. The molecule has 1 unspecified atom stereocenters. The van der Waals surface area contributed by atoms with Crippen LogP contribution in [0.4, 0.5) is 11.4 Å². The number of sulfonamides is 1. The second-order valence-electron chi connectivity index (χ2n) is 8.17. The predicted octanol–water partition coefficient (Wildman–Crippen LogP) is 1.90. The lowest BCUT2D eigenvalue weighted by molar-refractivity contribution is -0.117. The lowest BCUT2D eigenvalue weighted by atomic mass is 10.1. The third-order valence-corrected chi connectivity index (χ3v) is 7.00. The zero-order valence-electron chi connectivity index (χ0n) is 18.2. The second kappa shape index (κ2) is 8.91. The maximum Gasteiger partial charge on any atom is 0.254 e. The molecule has 170 valence electrons. The molecule has 2 aliphatic heterocycles. The molecule has 0 radical (unpaired) electrons. The number of carbonyl (C=O) groups excluding carboxylic acids is 2. The highest BCUT2D eigenvalue weighted by Gasteiger charge is 2.33. The first-order chi connectivity index (χ1) is 15.3. The summed E-state index contributed by atoms with van der Waals surface area (Å²) in [6.45, 7) is 3.71. The average Bonchev–Trinajstić information content (AvgIpc) is 3.12. The third kappa shape index (κ3) is 4.49. The summed E-state index contributed by atoms with van der Waals surface area (Å²) in [4.78, 5) is 29.2. The molecule has 1 fully saturated rings. The molecule has 0 aliphatic carbocycles. The van der Waals surface area contributed by atoms with Crippen molar-refractivity contribution in [2.45, 2.75) is 19.4 Å². The van der Waals surface area contributed by atoms with Crippen LogP contribution >= 0.6 is 0 Å². The van der Waals surface area contributed by atoms with Crippen molar-refractivity contribution in [3.63, 3.8) is 0 Å². The van der Waals surface area contributed by atoms with E-state index in [4.69, 9.17) is 4.74 Å². The summed E-state index contributed by atoms with van der Waals surface area (Å²) in [5.74, 6) is -0.411. The summed E-state index contributed by atoms with van der Waals surface area (Å²) in [5, 5.41) is 0. The Labute approximate surface area is 188 Å². The monoisotopic (exact) mass is 457 g/mol. The zero-order chi connectivity index (χ0) is 22.9. The van der Waals surface area contributed by atoms with Gasteiger partial charge in [-0.05, 0) is 49.2 Å². The van der Waals surface area contributed by atoms with Gasteiger partial charge in [0.1, 0.15) is 6.54 Å². The highest BCUT2D eigenvalue weighted by atomic mass is 32.2. The predicted molar refractivity (Wildman–Crippen MR) is 122 cm³/mol. The van der Waals surface area contributed by atoms with E-state index in [2.05, 4.69) is 0 Å². The number of para-hydroxylation sites is 1. The molecule has 0 N–H and O–H groups in total. The lowest BCUT2D eigenvalue weighted by Gasteiger charge is -2.28. The van der Waals surface area contributed by atoms with Crippen molar-refractivity contribution in [3.8, 4) is 0 Å². The number of hydrogen-bond donors (Lipinski definition) is 0. The van der Waals surface area contributed by atoms with E-state index in [0.29, 0.717) is 37.6 Å². The fourth-order valence-electron chi connectivity index (χ4n) is 4.26. The van der Waals surface area contributed by atoms with E-state index in [9.17, 15) is 18.0 Å². The van der Waals surface area contributed by atoms with E-state index < -0.39 is 10.0 Å². The molecule has 8 nitrogen and oxygen atoms in total. The topological polar surface area (TPSA) is 87.2 Å². The van der Waals surface area contributed by atoms with E-state index in [1.54, 1.807) is 34.1 Å². The number of morpholine rings is 1. The SMILES string of the molecule is CC1Cc2ccccc2N1C(=O)CN(c1ccc(C(=O)N2CCOCC2)cc1)S(C)(=O)=O. The van der Waals surface area contributed by atoms with Crippen molar-refractivity contribution in [1.82, 2.24) is 4.90 Å². The van der Waals surface area contributed by atoms with Crippen molar-refractivity contribution in [2.24, 2.45) is 0 Å². The van der Waals surface area contributed by atoms with Gasteiger partial charge in [0.25, 0.3) is 5.91 Å². The summed E-state index contributed by atoms with van der Waals surface area (Å²) in [5.41, 5.74) is 2.71. The van der Waals surface area contributed by atoms with Crippen LogP contribution in [-0.2, 0) is 26.0 Å². The van der Waals surface area contributed by atoms with Crippen LogP contribution in [0.3, 0.4) is 0 Å². The normalized spacial score (nSPS) is 18.4. The van der Waals surface area contributed by atoms with Gasteiger partial charge in [0, 0.05) is 30.4 Å². The summed E-state index contributed by atoms with van der Waals surface area (Å²) in [6, 6.07) is 14.0. The molecule has 2 aromatic carbocycles. The molecule has 32 heavy (non-hydrogen) atoms. The van der Waals surface area contributed by atoms with Gasteiger partial charge in [-0.2, -0.15) is 0 Å². The van der Waals surface area contributed by atoms with Crippen LogP contribution in [0.25, 0.3) is 0 Å². The molecule has 1 saturated heterocycles. The maximum absolute atomic E-state index is 13.2. The molecule has 2 aromatic rings. The van der Waals surface area contributed by atoms with Crippen molar-refractivity contribution in [3.05, 3.63) is 59.7 Å². The van der Waals surface area contributed by atoms with Gasteiger partial charge in [0.05, 0.1) is 25.2 Å². The molecule has 0 aromatic heterocycles. The quantitative estimate of drug-likeness (QED) is 0.685. The summed E-state index contributed by atoms with van der Waals surface area (Å²) >= 11 is 0. The first-order valence-corrected chi connectivity index (χ1v) is 12.5. The van der Waals surface area contributed by atoms with Gasteiger partial charge in [-0.25, -0.2) is 8.42 Å². The van der Waals surface area contributed by atoms with Crippen molar-refractivity contribution >= 4 is 33.2 Å². The van der Waals surface area contributed by atoms with Crippen molar-refractivity contribution < 1.29 is 22.7 Å². The average molecular weight is 458 g/mol. The van der Waals surface area contributed by atoms with Crippen LogP contribution in [0, 0.1) is 0 Å². The number of carbonyl (C=O) groups is 2. The zero-order valence-corrected chi connectivity index (χ0v) is 19.0. The van der Waals surface area contributed by atoms with Gasteiger partial charge in [0.15, 0.2) is 0 Å². The Morgan fingerprint density at radius 2 is 1.72 bits per heavy atom. The Kier molecular flexibility index (Phi) is 6.21. The third-order valence-electron chi connectivity index (χ3n) is 5.86. The minimum atomic E-state index is -3.72. The van der Waals surface area contributed by atoms with Gasteiger partial charge >= 0.3 is 0 Å². The summed E-state index contributed by atoms with van der Waals surface area (Å²) < 4.78 is 31.5. The number of ether oxygens (including phenoxy) is 1. The number of fused-ring (bicyclic) bond motifs is 1. The maximum atomic E-state index is 13.2. The van der Waals surface area contributed by atoms with Crippen LogP contribution in [0.1, 0.15) is 22.8 Å². The van der Waals surface area contributed by atoms with Gasteiger partial charge in [0.2, 0.25) is 15.9 Å². The van der Waals surface area contributed by atoms with E-state index in [1.165, 1.54) is 0 Å². The first-order valence-electron chi connectivity index (χ1n) is 10.6. The van der Waals surface area contributed by atoms with E-state index in [0.717, 1.165) is 28.2 Å². The summed E-state index contributed by atoms with van der Waals surface area (Å²) in [7, 11) is -3.72. The van der Waals surface area contributed by atoms with Crippen LogP contribution in [0.15, 0.2) is 48.5 Å². The van der Waals surface area contributed by atoms with Crippen LogP contribution < -0.4 is 9.21 Å². The standard InChI is InChI=1S/C23H27N3O5S/c1-17-15-19-5-3-4-6-21(19)26(17)22(27)16-25(32(2,29)30)20-9-7-18(8-10-20)23(28)24-11-13-31-14-12-24/h3-10,17H,11-16H2,1-2H3. The molecule has 2 heterocycles. The number of rotatable bonds is 5. The number of anilines is 2. The number of nitrogens with zero attached hydrogens (tertiary/aromatic N) is 3. The molecule has 9 heteroatoms. The smallest absolute Gasteiger partial charge is 0.254 e. The molecule has 2 amide bonds. The molecule has 0 bridgehead atoms. The van der Waals surface area contributed by atoms with Crippen LogP contribution in [-0.4, -0.2) is 70.3 Å². The van der Waals surface area contributed by atoms with E-state index in [-0.39, 0.29) is 24.4 Å². The first kappa shape index (κ1) is 22.3. The lowest BCUT2D eigenvalue weighted by Crippen LogP contribution is -2.45. The molecule has 1 atom stereocenters. The Morgan fingerprint density at radius 1 is 1.06 bits per heavy atom. The summed E-state index contributed by atoms with van der Waals surface area (Å²) in [6.07, 6.45) is 1.81. The van der Waals surface area contributed by atoms with E-state index in [1.807, 2.05) is 31.2 Å². The fraction of sp³-hybridized carbons (Fsp3) is 0.391. The highest BCUT2D eigenvalue weighted by Crippen LogP contribution is 2.32. The van der Waals surface area contributed by atoms with Crippen LogP contribution in [0.2, 0.25) is 0 Å². The Hall–Kier alpha value is -2.91. The van der Waals surface area contributed by atoms with Gasteiger partial charge < -0.3 is 14.5 Å². The number of hydrogen-bond acceptors (Lipinski definition) is 5. The van der Waals surface area contributed by atoms with Crippen molar-refractivity contribution in [1.29, 1.82) is 0 Å². The molecule has 0 spiro atoms. The highest BCUT2D eigenvalue weighted by molar-refractivity contribution is 7.92. The Bertz CT molecular complexity index is 1110. The van der Waals surface area contributed by atoms with E-state index >= 15 is 0 Å². The van der Waals surface area contributed by atoms with Gasteiger partial charge in [-0.3, -0.25) is 13.9 Å². The Morgan fingerprint density at radius 3 is 2.38 bits per heavy atom. The van der Waals surface area contributed by atoms with Crippen LogP contribution in [0.5, 0.6) is 0 Å².